The molecule has 2 aliphatic heterocycles. The van der Waals surface area contributed by atoms with E-state index in [-0.39, 0.29) is 30.1 Å². The monoisotopic (exact) mass is 495 g/mol. The summed E-state index contributed by atoms with van der Waals surface area (Å²) < 4.78 is 5.08. The zero-order valence-electron chi connectivity index (χ0n) is 17.2. The molecular weight excluding hydrogens is 457 g/mol. The van der Waals surface area contributed by atoms with Gasteiger partial charge in [-0.05, 0) is 58.5 Å². The van der Waals surface area contributed by atoms with Crippen molar-refractivity contribution in [3.63, 3.8) is 0 Å². The lowest BCUT2D eigenvalue weighted by molar-refractivity contribution is 0.0963. The fourth-order valence-electron chi connectivity index (χ4n) is 3.52. The first-order valence-corrected chi connectivity index (χ1v) is 10.3. The Balaban J connectivity index is 0.00000364. The fraction of sp³-hybridized carbons (Fsp3) is 0.895. The molecule has 2 saturated heterocycles. The molecule has 0 aromatic rings. The standard InChI is InChI=1S/C19H37N5O2.HI/c1-4-20-18(21-10-15-23-11-6-16(3)7-12-23)22-17-8-13-24(14-9-17)19(25)26-5-2;/h16-17H,4-15H2,1-3H3,(H2,20,21,22);1H. The number of ether oxygens (including phenoxy) is 1. The van der Waals surface area contributed by atoms with Gasteiger partial charge in [0.1, 0.15) is 0 Å². The summed E-state index contributed by atoms with van der Waals surface area (Å²) in [7, 11) is 0. The van der Waals surface area contributed by atoms with Crippen molar-refractivity contribution in [2.45, 2.75) is 52.5 Å². The van der Waals surface area contributed by atoms with Crippen molar-refractivity contribution in [3.8, 4) is 0 Å². The number of amides is 1. The van der Waals surface area contributed by atoms with E-state index in [4.69, 9.17) is 9.73 Å². The minimum atomic E-state index is -0.192. The molecule has 1 amide bonds. The number of guanidine groups is 1. The number of nitrogens with zero attached hydrogens (tertiary/aromatic N) is 3. The number of hydrogen-bond donors (Lipinski definition) is 2. The highest BCUT2D eigenvalue weighted by molar-refractivity contribution is 14.0. The first kappa shape index (κ1) is 24.3. The first-order valence-electron chi connectivity index (χ1n) is 10.3. The van der Waals surface area contributed by atoms with Crippen LogP contribution in [-0.2, 0) is 4.74 Å². The first-order chi connectivity index (χ1) is 12.6. The number of piperidine rings is 2. The predicted octanol–water partition coefficient (Wildman–Crippen LogP) is 2.51. The summed E-state index contributed by atoms with van der Waals surface area (Å²) in [4.78, 5) is 20.8. The minimum absolute atomic E-state index is 0. The topological polar surface area (TPSA) is 69.2 Å². The van der Waals surface area contributed by atoms with Crippen LogP contribution in [0.1, 0.15) is 46.5 Å². The Morgan fingerprint density at radius 1 is 1.11 bits per heavy atom. The average Bonchev–Trinajstić information content (AvgIpc) is 2.64. The molecule has 2 heterocycles. The maximum absolute atomic E-state index is 11.8. The van der Waals surface area contributed by atoms with Crippen molar-refractivity contribution in [3.05, 3.63) is 0 Å². The SMILES string of the molecule is CCNC(=NCCN1CCC(C)CC1)NC1CCN(C(=O)OCC)CC1.I. The van der Waals surface area contributed by atoms with Crippen molar-refractivity contribution in [2.75, 3.05) is 52.4 Å². The minimum Gasteiger partial charge on any atom is -0.450 e. The summed E-state index contributed by atoms with van der Waals surface area (Å²) >= 11 is 0. The number of rotatable bonds is 6. The maximum Gasteiger partial charge on any atom is 0.409 e. The third-order valence-electron chi connectivity index (χ3n) is 5.27. The molecule has 2 aliphatic rings. The molecule has 0 aromatic carbocycles. The molecule has 158 valence electrons. The van der Waals surface area contributed by atoms with Gasteiger partial charge in [0, 0.05) is 32.2 Å². The number of likely N-dealkylation sites (tertiary alicyclic amines) is 2. The smallest absolute Gasteiger partial charge is 0.409 e. The normalized spacial score (nSPS) is 20.1. The van der Waals surface area contributed by atoms with Crippen LogP contribution >= 0.6 is 24.0 Å². The van der Waals surface area contributed by atoms with Crippen LogP contribution in [0.5, 0.6) is 0 Å². The van der Waals surface area contributed by atoms with Crippen LogP contribution in [0.4, 0.5) is 4.79 Å². The Morgan fingerprint density at radius 2 is 1.78 bits per heavy atom. The molecule has 8 heteroatoms. The van der Waals surface area contributed by atoms with Crippen LogP contribution < -0.4 is 10.6 Å². The number of carbonyl (C=O) groups excluding carboxylic acids is 1. The van der Waals surface area contributed by atoms with Crippen molar-refractivity contribution in [1.82, 2.24) is 20.4 Å². The Kier molecular flexibility index (Phi) is 12.1. The molecule has 0 aromatic heterocycles. The zero-order chi connectivity index (χ0) is 18.8. The second kappa shape index (κ2) is 13.4. The van der Waals surface area contributed by atoms with Crippen LogP contribution in [-0.4, -0.2) is 80.3 Å². The van der Waals surface area contributed by atoms with Crippen LogP contribution in [0.2, 0.25) is 0 Å². The Bertz CT molecular complexity index is 447. The van der Waals surface area contributed by atoms with Gasteiger partial charge in [0.25, 0.3) is 0 Å². The van der Waals surface area contributed by atoms with Crippen molar-refractivity contribution >= 4 is 36.0 Å². The van der Waals surface area contributed by atoms with E-state index >= 15 is 0 Å². The number of halogens is 1. The molecule has 7 nitrogen and oxygen atoms in total. The van der Waals surface area contributed by atoms with Gasteiger partial charge in [0.05, 0.1) is 13.2 Å². The summed E-state index contributed by atoms with van der Waals surface area (Å²) in [5, 5.41) is 6.88. The predicted molar refractivity (Wildman–Crippen MR) is 121 cm³/mol. The van der Waals surface area contributed by atoms with Gasteiger partial charge in [-0.1, -0.05) is 6.92 Å². The molecule has 2 rings (SSSR count). The molecule has 0 aliphatic carbocycles. The molecule has 2 fully saturated rings. The van der Waals surface area contributed by atoms with Gasteiger partial charge < -0.3 is 25.2 Å². The van der Waals surface area contributed by atoms with Gasteiger partial charge >= 0.3 is 6.09 Å². The average molecular weight is 495 g/mol. The highest BCUT2D eigenvalue weighted by Gasteiger charge is 2.24. The van der Waals surface area contributed by atoms with E-state index in [1.807, 2.05) is 6.92 Å². The van der Waals surface area contributed by atoms with E-state index in [1.54, 1.807) is 4.90 Å². The maximum atomic E-state index is 11.8. The number of aliphatic imine (C=N–C) groups is 1. The number of carbonyl (C=O) groups is 1. The third kappa shape index (κ3) is 8.85. The molecular formula is C19H38IN5O2. The molecule has 2 N–H and O–H groups in total. The largest absolute Gasteiger partial charge is 0.450 e. The second-order valence-electron chi connectivity index (χ2n) is 7.39. The number of nitrogens with one attached hydrogen (secondary N) is 2. The second-order valence-corrected chi connectivity index (χ2v) is 7.39. The van der Waals surface area contributed by atoms with E-state index in [2.05, 4.69) is 29.4 Å². The molecule has 0 atom stereocenters. The quantitative estimate of drug-likeness (QED) is 0.337. The van der Waals surface area contributed by atoms with Crippen molar-refractivity contribution in [2.24, 2.45) is 10.9 Å². The van der Waals surface area contributed by atoms with Crippen molar-refractivity contribution in [1.29, 1.82) is 0 Å². The Labute approximate surface area is 181 Å². The molecule has 0 bridgehead atoms. The summed E-state index contributed by atoms with van der Waals surface area (Å²) in [6.07, 6.45) is 4.27. The van der Waals surface area contributed by atoms with Gasteiger partial charge in [0.2, 0.25) is 0 Å². The van der Waals surface area contributed by atoms with Crippen LogP contribution in [0.3, 0.4) is 0 Å². The van der Waals surface area contributed by atoms with Crippen LogP contribution in [0.25, 0.3) is 0 Å². The van der Waals surface area contributed by atoms with Crippen molar-refractivity contribution < 1.29 is 9.53 Å². The van der Waals surface area contributed by atoms with Gasteiger partial charge in [0.15, 0.2) is 5.96 Å². The lowest BCUT2D eigenvalue weighted by Crippen LogP contribution is -2.50. The van der Waals surface area contributed by atoms with E-state index in [0.29, 0.717) is 12.6 Å². The van der Waals surface area contributed by atoms with E-state index in [0.717, 1.165) is 57.4 Å². The number of hydrogen-bond acceptors (Lipinski definition) is 4. The van der Waals surface area contributed by atoms with Gasteiger partial charge in [-0.3, -0.25) is 4.99 Å². The molecule has 27 heavy (non-hydrogen) atoms. The third-order valence-corrected chi connectivity index (χ3v) is 5.27. The molecule has 0 radical (unpaired) electrons. The lowest BCUT2D eigenvalue weighted by atomic mass is 9.99. The highest BCUT2D eigenvalue weighted by atomic mass is 127. The summed E-state index contributed by atoms with van der Waals surface area (Å²) in [6, 6.07) is 0.356. The van der Waals surface area contributed by atoms with Gasteiger partial charge in [-0.2, -0.15) is 0 Å². The summed E-state index contributed by atoms with van der Waals surface area (Å²) in [5.41, 5.74) is 0. The summed E-state index contributed by atoms with van der Waals surface area (Å²) in [6.45, 7) is 13.3. The van der Waals surface area contributed by atoms with Crippen LogP contribution in [0.15, 0.2) is 4.99 Å². The van der Waals surface area contributed by atoms with E-state index in [1.165, 1.54) is 25.9 Å². The van der Waals surface area contributed by atoms with E-state index in [9.17, 15) is 4.79 Å². The summed E-state index contributed by atoms with van der Waals surface area (Å²) in [5.74, 6) is 1.77. The lowest BCUT2D eigenvalue weighted by Gasteiger charge is -2.32. The molecule has 0 spiro atoms. The van der Waals surface area contributed by atoms with Crippen LogP contribution in [0, 0.1) is 5.92 Å². The fourth-order valence-corrected chi connectivity index (χ4v) is 3.52. The van der Waals surface area contributed by atoms with Gasteiger partial charge in [-0.25, -0.2) is 4.79 Å². The Morgan fingerprint density at radius 3 is 2.37 bits per heavy atom. The zero-order valence-corrected chi connectivity index (χ0v) is 19.5. The molecule has 0 saturated carbocycles. The van der Waals surface area contributed by atoms with Gasteiger partial charge in [-0.15, -0.1) is 24.0 Å². The Hall–Kier alpha value is -0.770. The molecule has 0 unspecified atom stereocenters. The highest BCUT2D eigenvalue weighted by Crippen LogP contribution is 2.15. The van der Waals surface area contributed by atoms with E-state index < -0.39 is 0 Å².